The molecule has 0 unspecified atom stereocenters. The van der Waals surface area contributed by atoms with Gasteiger partial charge in [0.25, 0.3) is 0 Å². The van der Waals surface area contributed by atoms with E-state index in [4.69, 9.17) is 5.26 Å². The van der Waals surface area contributed by atoms with Crippen LogP contribution in [0, 0.1) is 11.3 Å². The van der Waals surface area contributed by atoms with Gasteiger partial charge in [-0.15, -0.1) is 0 Å². The second kappa shape index (κ2) is 6.84. The Labute approximate surface area is 87.9 Å². The monoisotopic (exact) mass is 194 g/mol. The standard InChI is InChI=1S/C12H22N2/c1-2-3-10-14(12-7-8-12)11-6-4-5-9-13/h12H,2-8,10-11H2,1H3. The number of unbranched alkanes of at least 4 members (excludes halogenated alkanes) is 3. The Bertz CT molecular complexity index is 179. The molecular weight excluding hydrogens is 172 g/mol. The van der Waals surface area contributed by atoms with Gasteiger partial charge in [0.2, 0.25) is 0 Å². The zero-order valence-electron chi connectivity index (χ0n) is 9.34. The van der Waals surface area contributed by atoms with Gasteiger partial charge >= 0.3 is 0 Å². The van der Waals surface area contributed by atoms with Crippen molar-refractivity contribution in [3.63, 3.8) is 0 Å². The van der Waals surface area contributed by atoms with Crippen molar-refractivity contribution < 1.29 is 0 Å². The van der Waals surface area contributed by atoms with Gasteiger partial charge in [0.15, 0.2) is 0 Å². The summed E-state index contributed by atoms with van der Waals surface area (Å²) in [5.41, 5.74) is 0. The molecule has 0 amide bonds. The first-order valence-electron chi connectivity index (χ1n) is 5.99. The minimum absolute atomic E-state index is 0.728. The fourth-order valence-electron chi connectivity index (χ4n) is 1.80. The van der Waals surface area contributed by atoms with Gasteiger partial charge < -0.3 is 4.90 Å². The second-order valence-electron chi connectivity index (χ2n) is 4.24. The summed E-state index contributed by atoms with van der Waals surface area (Å²) >= 11 is 0. The van der Waals surface area contributed by atoms with Crippen molar-refractivity contribution in [1.29, 1.82) is 5.26 Å². The Morgan fingerprint density at radius 1 is 1.21 bits per heavy atom. The average Bonchev–Trinajstić information content (AvgIpc) is 3.00. The van der Waals surface area contributed by atoms with Crippen molar-refractivity contribution >= 4 is 0 Å². The Kier molecular flexibility index (Phi) is 5.63. The van der Waals surface area contributed by atoms with E-state index < -0.39 is 0 Å². The molecule has 0 heterocycles. The summed E-state index contributed by atoms with van der Waals surface area (Å²) in [5, 5.41) is 8.43. The van der Waals surface area contributed by atoms with Crippen LogP contribution in [0.2, 0.25) is 0 Å². The summed E-state index contributed by atoms with van der Waals surface area (Å²) in [7, 11) is 0. The molecule has 2 heteroatoms. The van der Waals surface area contributed by atoms with Crippen LogP contribution in [0.5, 0.6) is 0 Å². The summed E-state index contributed by atoms with van der Waals surface area (Å²) in [6, 6.07) is 3.10. The Hall–Kier alpha value is -0.550. The van der Waals surface area contributed by atoms with Gasteiger partial charge in [-0.25, -0.2) is 0 Å². The molecular formula is C12H22N2. The number of rotatable bonds is 8. The van der Waals surface area contributed by atoms with E-state index in [-0.39, 0.29) is 0 Å². The molecule has 0 N–H and O–H groups in total. The van der Waals surface area contributed by atoms with Crippen molar-refractivity contribution in [2.24, 2.45) is 0 Å². The fourth-order valence-corrected chi connectivity index (χ4v) is 1.80. The van der Waals surface area contributed by atoms with Gasteiger partial charge in [-0.1, -0.05) is 13.3 Å². The zero-order valence-corrected chi connectivity index (χ0v) is 9.34. The molecule has 0 aromatic rings. The lowest BCUT2D eigenvalue weighted by molar-refractivity contribution is 0.254. The molecule has 0 radical (unpaired) electrons. The maximum atomic E-state index is 8.43. The van der Waals surface area contributed by atoms with Crippen LogP contribution in [-0.4, -0.2) is 24.0 Å². The Balaban J connectivity index is 2.06. The van der Waals surface area contributed by atoms with Crippen LogP contribution in [0.3, 0.4) is 0 Å². The summed E-state index contributed by atoms with van der Waals surface area (Å²) < 4.78 is 0. The van der Waals surface area contributed by atoms with E-state index in [1.54, 1.807) is 0 Å². The molecule has 1 aliphatic carbocycles. The molecule has 1 rings (SSSR count). The van der Waals surface area contributed by atoms with Crippen LogP contribution in [0.25, 0.3) is 0 Å². The number of nitriles is 1. The van der Waals surface area contributed by atoms with Crippen molar-refractivity contribution in [1.82, 2.24) is 4.90 Å². The highest BCUT2D eigenvalue weighted by molar-refractivity contribution is 4.84. The third-order valence-corrected chi connectivity index (χ3v) is 2.85. The molecule has 0 aliphatic heterocycles. The quantitative estimate of drug-likeness (QED) is 0.555. The lowest BCUT2D eigenvalue weighted by Crippen LogP contribution is -2.28. The third-order valence-electron chi connectivity index (χ3n) is 2.85. The summed E-state index contributed by atoms with van der Waals surface area (Å²) in [6.45, 7) is 4.74. The predicted molar refractivity (Wildman–Crippen MR) is 59.0 cm³/mol. The van der Waals surface area contributed by atoms with Crippen LogP contribution in [0.4, 0.5) is 0 Å². The number of nitrogens with zero attached hydrogens (tertiary/aromatic N) is 2. The highest BCUT2D eigenvalue weighted by atomic mass is 15.2. The maximum Gasteiger partial charge on any atom is 0.0621 e. The largest absolute Gasteiger partial charge is 0.300 e. The Morgan fingerprint density at radius 3 is 2.50 bits per heavy atom. The van der Waals surface area contributed by atoms with E-state index in [1.165, 1.54) is 45.2 Å². The van der Waals surface area contributed by atoms with E-state index in [2.05, 4.69) is 17.9 Å². The summed E-state index contributed by atoms with van der Waals surface area (Å²) in [4.78, 5) is 2.63. The van der Waals surface area contributed by atoms with Crippen LogP contribution < -0.4 is 0 Å². The molecule has 80 valence electrons. The van der Waals surface area contributed by atoms with Gasteiger partial charge in [0, 0.05) is 12.5 Å². The molecule has 1 fully saturated rings. The second-order valence-corrected chi connectivity index (χ2v) is 4.24. The molecule has 14 heavy (non-hydrogen) atoms. The predicted octanol–water partition coefficient (Wildman–Crippen LogP) is 2.94. The third kappa shape index (κ3) is 4.62. The topological polar surface area (TPSA) is 27.0 Å². The van der Waals surface area contributed by atoms with Crippen LogP contribution >= 0.6 is 0 Å². The van der Waals surface area contributed by atoms with Crippen molar-refractivity contribution in [3.05, 3.63) is 0 Å². The Morgan fingerprint density at radius 2 is 1.93 bits per heavy atom. The van der Waals surface area contributed by atoms with Crippen molar-refractivity contribution in [2.75, 3.05) is 13.1 Å². The molecule has 0 saturated heterocycles. The highest BCUT2D eigenvalue weighted by Crippen LogP contribution is 2.27. The van der Waals surface area contributed by atoms with E-state index in [9.17, 15) is 0 Å². The fraction of sp³-hybridized carbons (Fsp3) is 0.917. The van der Waals surface area contributed by atoms with Gasteiger partial charge in [0.1, 0.15) is 0 Å². The molecule has 0 spiro atoms. The van der Waals surface area contributed by atoms with Crippen LogP contribution in [-0.2, 0) is 0 Å². The van der Waals surface area contributed by atoms with Crippen LogP contribution in [0.15, 0.2) is 0 Å². The molecule has 0 aromatic carbocycles. The summed E-state index contributed by atoms with van der Waals surface area (Å²) in [5.74, 6) is 0. The van der Waals surface area contributed by atoms with Crippen molar-refractivity contribution in [2.45, 2.75) is 57.9 Å². The first-order valence-corrected chi connectivity index (χ1v) is 5.99. The normalized spacial score (nSPS) is 15.8. The lowest BCUT2D eigenvalue weighted by Gasteiger charge is -2.21. The van der Waals surface area contributed by atoms with E-state index in [1.807, 2.05) is 0 Å². The zero-order chi connectivity index (χ0) is 10.2. The minimum Gasteiger partial charge on any atom is -0.300 e. The minimum atomic E-state index is 0.728. The van der Waals surface area contributed by atoms with Gasteiger partial charge in [-0.3, -0.25) is 0 Å². The first-order chi connectivity index (χ1) is 6.88. The van der Waals surface area contributed by atoms with Gasteiger partial charge in [-0.2, -0.15) is 5.26 Å². The molecule has 2 nitrogen and oxygen atoms in total. The average molecular weight is 194 g/mol. The van der Waals surface area contributed by atoms with E-state index >= 15 is 0 Å². The molecule has 0 bridgehead atoms. The summed E-state index contributed by atoms with van der Waals surface area (Å²) in [6.07, 6.45) is 8.44. The maximum absolute atomic E-state index is 8.43. The molecule has 0 atom stereocenters. The van der Waals surface area contributed by atoms with E-state index in [0.717, 1.165) is 18.9 Å². The smallest absolute Gasteiger partial charge is 0.0621 e. The van der Waals surface area contributed by atoms with Gasteiger partial charge in [0.05, 0.1) is 6.07 Å². The van der Waals surface area contributed by atoms with E-state index in [0.29, 0.717) is 0 Å². The molecule has 1 saturated carbocycles. The SMILES string of the molecule is CCCCN(CCCCC#N)C1CC1. The number of hydrogen-bond acceptors (Lipinski definition) is 2. The van der Waals surface area contributed by atoms with Crippen LogP contribution in [0.1, 0.15) is 51.9 Å². The first kappa shape index (κ1) is 11.5. The van der Waals surface area contributed by atoms with Crippen molar-refractivity contribution in [3.8, 4) is 6.07 Å². The highest BCUT2D eigenvalue weighted by Gasteiger charge is 2.27. The lowest BCUT2D eigenvalue weighted by atomic mass is 10.2. The van der Waals surface area contributed by atoms with Gasteiger partial charge in [-0.05, 0) is 45.2 Å². The number of hydrogen-bond donors (Lipinski definition) is 0. The molecule has 1 aliphatic rings. The molecule has 0 aromatic heterocycles.